The van der Waals surface area contributed by atoms with E-state index in [4.69, 9.17) is 9.47 Å². The summed E-state index contributed by atoms with van der Waals surface area (Å²) in [6.07, 6.45) is 0. The van der Waals surface area contributed by atoms with Gasteiger partial charge in [-0.15, -0.1) is 0 Å². The van der Waals surface area contributed by atoms with Crippen LogP contribution in [0.4, 0.5) is 0 Å². The van der Waals surface area contributed by atoms with Crippen molar-refractivity contribution < 1.29 is 27.5 Å². The van der Waals surface area contributed by atoms with Gasteiger partial charge in [0.2, 0.25) is 10.0 Å². The van der Waals surface area contributed by atoms with E-state index in [9.17, 15) is 18.0 Å². The van der Waals surface area contributed by atoms with Crippen LogP contribution in [0.15, 0.2) is 89.8 Å². The van der Waals surface area contributed by atoms with Crippen LogP contribution in [0.25, 0.3) is 11.1 Å². The van der Waals surface area contributed by atoms with Crippen LogP contribution in [0, 0.1) is 0 Å². The lowest BCUT2D eigenvalue weighted by molar-refractivity contribution is -0.154. The third-order valence-electron chi connectivity index (χ3n) is 5.65. The van der Waals surface area contributed by atoms with Crippen molar-refractivity contribution in [1.29, 1.82) is 0 Å². The summed E-state index contributed by atoms with van der Waals surface area (Å²) in [5, 5.41) is 0. The lowest BCUT2D eigenvalue weighted by Crippen LogP contribution is -2.51. The highest BCUT2D eigenvalue weighted by atomic mass is 32.2. The number of piperazine rings is 1. The van der Waals surface area contributed by atoms with Gasteiger partial charge in [0.25, 0.3) is 5.91 Å². The molecule has 0 aromatic heterocycles. The molecule has 0 N–H and O–H groups in total. The number of para-hydroxylation sites is 1. The predicted octanol–water partition coefficient (Wildman–Crippen LogP) is 2.81. The molecule has 3 aromatic carbocycles. The molecule has 0 aliphatic carbocycles. The number of ether oxygens (including phenoxy) is 2. The number of hydrogen-bond acceptors (Lipinski definition) is 6. The maximum Gasteiger partial charge on any atom is 0.344 e. The highest BCUT2D eigenvalue weighted by Crippen LogP contribution is 2.29. The summed E-state index contributed by atoms with van der Waals surface area (Å²) in [7, 11) is -3.60. The summed E-state index contributed by atoms with van der Waals surface area (Å²) < 4.78 is 37.6. The molecule has 3 aromatic rings. The average molecular weight is 495 g/mol. The molecule has 0 radical (unpaired) electrons. The summed E-state index contributed by atoms with van der Waals surface area (Å²) in [4.78, 5) is 26.4. The zero-order valence-electron chi connectivity index (χ0n) is 19.1. The van der Waals surface area contributed by atoms with Crippen LogP contribution < -0.4 is 4.74 Å². The summed E-state index contributed by atoms with van der Waals surface area (Å²) in [6.45, 7) is 0.0492. The molecule has 0 atom stereocenters. The van der Waals surface area contributed by atoms with E-state index in [1.807, 2.05) is 48.5 Å². The summed E-state index contributed by atoms with van der Waals surface area (Å²) in [6, 6.07) is 25.2. The first-order valence-corrected chi connectivity index (χ1v) is 12.6. The number of nitrogens with zero attached hydrogens (tertiary/aromatic N) is 2. The zero-order valence-corrected chi connectivity index (χ0v) is 19.9. The van der Waals surface area contributed by atoms with Crippen LogP contribution in [-0.4, -0.2) is 68.9 Å². The van der Waals surface area contributed by atoms with Crippen LogP contribution in [0.3, 0.4) is 0 Å². The van der Waals surface area contributed by atoms with E-state index in [0.717, 1.165) is 11.1 Å². The SMILES string of the molecule is O=C(COc1ccccc1-c1ccccc1)OCC(=O)N1CCN(S(=O)(=O)c2ccccc2)CC1. The smallest absolute Gasteiger partial charge is 0.344 e. The topological polar surface area (TPSA) is 93.2 Å². The van der Waals surface area contributed by atoms with Gasteiger partial charge in [0.1, 0.15) is 5.75 Å². The molecule has 0 spiro atoms. The van der Waals surface area contributed by atoms with Gasteiger partial charge in [-0.3, -0.25) is 4.79 Å². The second-order valence-corrected chi connectivity index (χ2v) is 9.85. The first kappa shape index (κ1) is 24.4. The lowest BCUT2D eigenvalue weighted by atomic mass is 10.1. The molecule has 4 rings (SSSR count). The van der Waals surface area contributed by atoms with Gasteiger partial charge in [0.15, 0.2) is 13.2 Å². The standard InChI is InChI=1S/C26H26N2O6S/c29-25(27-15-17-28(18-16-27)35(31,32)22-11-5-2-6-12-22)19-34-26(30)20-33-24-14-8-7-13-23(24)21-9-3-1-4-10-21/h1-14H,15-20H2. The van der Waals surface area contributed by atoms with Crippen molar-refractivity contribution in [1.82, 2.24) is 9.21 Å². The van der Waals surface area contributed by atoms with Gasteiger partial charge in [0, 0.05) is 31.7 Å². The van der Waals surface area contributed by atoms with E-state index >= 15 is 0 Å². The third kappa shape index (κ3) is 6.06. The van der Waals surface area contributed by atoms with Gasteiger partial charge >= 0.3 is 5.97 Å². The molecule has 8 nitrogen and oxygen atoms in total. The minimum absolute atomic E-state index is 0.177. The Kier molecular flexibility index (Phi) is 7.79. The van der Waals surface area contributed by atoms with Crippen LogP contribution in [-0.2, 0) is 24.3 Å². The van der Waals surface area contributed by atoms with E-state index < -0.39 is 22.6 Å². The Hall–Kier alpha value is -3.69. The molecule has 1 heterocycles. The highest BCUT2D eigenvalue weighted by molar-refractivity contribution is 7.89. The summed E-state index contributed by atoms with van der Waals surface area (Å²) in [5.41, 5.74) is 1.81. The fraction of sp³-hybridized carbons (Fsp3) is 0.231. The molecule has 1 saturated heterocycles. The molecule has 0 bridgehead atoms. The molecule has 1 amide bonds. The monoisotopic (exact) mass is 494 g/mol. The Bertz CT molecular complexity index is 1260. The fourth-order valence-electron chi connectivity index (χ4n) is 3.78. The van der Waals surface area contributed by atoms with Crippen molar-refractivity contribution in [2.45, 2.75) is 4.90 Å². The van der Waals surface area contributed by atoms with Crippen LogP contribution in [0.1, 0.15) is 0 Å². The Labute approximate surface area is 204 Å². The zero-order chi connectivity index (χ0) is 24.7. The number of sulfonamides is 1. The van der Waals surface area contributed by atoms with Crippen molar-refractivity contribution in [3.8, 4) is 16.9 Å². The predicted molar refractivity (Wildman–Crippen MR) is 130 cm³/mol. The highest BCUT2D eigenvalue weighted by Gasteiger charge is 2.30. The molecule has 1 aliphatic heterocycles. The Morgan fingerprint density at radius 2 is 1.34 bits per heavy atom. The molecule has 0 unspecified atom stereocenters. The fourth-order valence-corrected chi connectivity index (χ4v) is 5.22. The maximum atomic E-state index is 12.7. The van der Waals surface area contributed by atoms with Crippen LogP contribution >= 0.6 is 0 Å². The van der Waals surface area contributed by atoms with Crippen molar-refractivity contribution in [3.63, 3.8) is 0 Å². The largest absolute Gasteiger partial charge is 0.481 e. The minimum Gasteiger partial charge on any atom is -0.481 e. The molecule has 9 heteroatoms. The van der Waals surface area contributed by atoms with Gasteiger partial charge in [0.05, 0.1) is 4.90 Å². The molecule has 182 valence electrons. The second-order valence-electron chi connectivity index (χ2n) is 7.91. The number of rotatable bonds is 8. The maximum absolute atomic E-state index is 12.7. The third-order valence-corrected chi connectivity index (χ3v) is 7.56. The first-order chi connectivity index (χ1) is 16.9. The van der Waals surface area contributed by atoms with Crippen molar-refractivity contribution in [3.05, 3.63) is 84.9 Å². The normalized spacial score (nSPS) is 14.3. The van der Waals surface area contributed by atoms with E-state index in [2.05, 4.69) is 0 Å². The number of benzene rings is 3. The van der Waals surface area contributed by atoms with Crippen LogP contribution in [0.2, 0.25) is 0 Å². The first-order valence-electron chi connectivity index (χ1n) is 11.2. The summed E-state index contributed by atoms with van der Waals surface area (Å²) in [5.74, 6) is -0.496. The molecular weight excluding hydrogens is 468 g/mol. The number of carbonyl (C=O) groups excluding carboxylic acids is 2. The molecule has 35 heavy (non-hydrogen) atoms. The van der Waals surface area contributed by atoms with E-state index in [1.54, 1.807) is 36.4 Å². The van der Waals surface area contributed by atoms with Gasteiger partial charge < -0.3 is 14.4 Å². The number of amides is 1. The number of hydrogen-bond donors (Lipinski definition) is 0. The van der Waals surface area contributed by atoms with Gasteiger partial charge in [-0.1, -0.05) is 66.7 Å². The quantitative estimate of drug-likeness (QED) is 0.447. The Morgan fingerprint density at radius 3 is 2.03 bits per heavy atom. The van der Waals surface area contributed by atoms with Crippen molar-refractivity contribution in [2.75, 3.05) is 39.4 Å². The summed E-state index contributed by atoms with van der Waals surface area (Å²) >= 11 is 0. The molecule has 0 saturated carbocycles. The van der Waals surface area contributed by atoms with E-state index in [1.165, 1.54) is 9.21 Å². The van der Waals surface area contributed by atoms with E-state index in [0.29, 0.717) is 5.75 Å². The van der Waals surface area contributed by atoms with Gasteiger partial charge in [-0.05, 0) is 23.8 Å². The lowest BCUT2D eigenvalue weighted by Gasteiger charge is -2.33. The van der Waals surface area contributed by atoms with Gasteiger partial charge in [-0.25, -0.2) is 13.2 Å². The number of esters is 1. The Balaban J connectivity index is 1.24. The molecular formula is C26H26N2O6S. The molecule has 1 fully saturated rings. The van der Waals surface area contributed by atoms with Crippen molar-refractivity contribution in [2.24, 2.45) is 0 Å². The van der Waals surface area contributed by atoms with Gasteiger partial charge in [-0.2, -0.15) is 4.31 Å². The Morgan fingerprint density at radius 1 is 0.743 bits per heavy atom. The van der Waals surface area contributed by atoms with Crippen molar-refractivity contribution >= 4 is 21.9 Å². The average Bonchev–Trinajstić information content (AvgIpc) is 2.91. The second kappa shape index (κ2) is 11.2. The van der Waals surface area contributed by atoms with E-state index in [-0.39, 0.29) is 43.6 Å². The molecule has 1 aliphatic rings. The van der Waals surface area contributed by atoms with Crippen LogP contribution in [0.5, 0.6) is 5.75 Å². The number of carbonyl (C=O) groups is 2. The minimum atomic E-state index is -3.60.